The molecule has 2 heterocycles. The Kier molecular flexibility index (Phi) is 4.15. The van der Waals surface area contributed by atoms with Crippen molar-refractivity contribution < 1.29 is 4.79 Å². The number of aromatic nitrogens is 3. The second kappa shape index (κ2) is 6.94. The van der Waals surface area contributed by atoms with E-state index < -0.39 is 5.41 Å². The predicted octanol–water partition coefficient (Wildman–Crippen LogP) is 6.73. The first-order valence-corrected chi connectivity index (χ1v) is 12.9. The summed E-state index contributed by atoms with van der Waals surface area (Å²) in [4.78, 5) is 24.5. The van der Waals surface area contributed by atoms with Crippen molar-refractivity contribution in [3.63, 3.8) is 0 Å². The van der Waals surface area contributed by atoms with Gasteiger partial charge in [0.05, 0.1) is 27.8 Å². The normalized spacial score (nSPS) is 24.0. The smallest absolute Gasteiger partial charge is 0.237 e. The van der Waals surface area contributed by atoms with Crippen molar-refractivity contribution in [3.05, 3.63) is 78.1 Å². The molecule has 1 N–H and O–H groups in total. The maximum absolute atomic E-state index is 14.3. The monoisotopic (exact) mass is 474 g/mol. The van der Waals surface area contributed by atoms with Crippen LogP contribution in [0.25, 0.3) is 32.8 Å². The molecule has 1 amide bonds. The number of benzene rings is 3. The van der Waals surface area contributed by atoms with Crippen LogP contribution in [0.4, 0.5) is 5.69 Å². The van der Waals surface area contributed by atoms with E-state index in [9.17, 15) is 4.79 Å². The van der Waals surface area contributed by atoms with E-state index in [0.717, 1.165) is 52.9 Å². The van der Waals surface area contributed by atoms with Crippen LogP contribution in [0.3, 0.4) is 0 Å². The fourth-order valence-corrected chi connectivity index (χ4v) is 7.26. The van der Waals surface area contributed by atoms with E-state index in [-0.39, 0.29) is 16.7 Å². The highest BCUT2D eigenvalue weighted by Gasteiger charge is 2.73. The van der Waals surface area contributed by atoms with Crippen molar-refractivity contribution in [1.29, 1.82) is 0 Å². The molecular formula is C31H30N4O. The lowest BCUT2D eigenvalue weighted by Crippen LogP contribution is -2.48. The molecule has 5 aromatic rings. The molecule has 2 aromatic heterocycles. The summed E-state index contributed by atoms with van der Waals surface area (Å²) in [6, 6.07) is 22.8. The van der Waals surface area contributed by atoms with E-state index in [4.69, 9.17) is 9.97 Å². The van der Waals surface area contributed by atoms with Gasteiger partial charge in [0.25, 0.3) is 0 Å². The Bertz CT molecular complexity index is 1730. The van der Waals surface area contributed by atoms with Crippen LogP contribution in [0.1, 0.15) is 51.9 Å². The molecule has 0 unspecified atom stereocenters. The van der Waals surface area contributed by atoms with Gasteiger partial charge in [0, 0.05) is 39.5 Å². The minimum atomic E-state index is -0.722. The quantitative estimate of drug-likeness (QED) is 0.316. The third kappa shape index (κ3) is 2.39. The van der Waals surface area contributed by atoms with Crippen LogP contribution in [0.15, 0.2) is 66.7 Å². The zero-order valence-electron chi connectivity index (χ0n) is 21.2. The number of nitrogens with one attached hydrogen (secondary N) is 1. The highest BCUT2D eigenvalue weighted by Crippen LogP contribution is 2.70. The van der Waals surface area contributed by atoms with Crippen molar-refractivity contribution >= 4 is 44.4 Å². The number of aryl methyl sites for hydroxylation is 1. The van der Waals surface area contributed by atoms with Crippen LogP contribution in [0.2, 0.25) is 0 Å². The van der Waals surface area contributed by atoms with E-state index in [1.54, 1.807) is 0 Å². The molecule has 7 rings (SSSR count). The molecule has 5 nitrogen and oxygen atoms in total. The molecule has 2 atom stereocenters. The second-order valence-corrected chi connectivity index (χ2v) is 11.2. The van der Waals surface area contributed by atoms with Crippen LogP contribution < -0.4 is 5.32 Å². The summed E-state index contributed by atoms with van der Waals surface area (Å²) in [5.74, 6) is 0.0261. The Hall–Kier alpha value is -3.73. The first-order valence-electron chi connectivity index (χ1n) is 12.9. The van der Waals surface area contributed by atoms with Crippen molar-refractivity contribution in [3.8, 4) is 0 Å². The Morgan fingerprint density at radius 3 is 2.28 bits per heavy atom. The lowest BCUT2D eigenvalue weighted by atomic mass is 9.63. The number of carbonyl (C=O) groups excluding carboxylic acids is 1. The van der Waals surface area contributed by atoms with Crippen molar-refractivity contribution in [2.75, 3.05) is 5.32 Å². The standard InChI is InChI=1S/C31H30N4O/c1-5-35-24-13-9-6-10-20(24)21-18-19(14-15-25(21)35)32-28(36)31-17-16-30(4,29(31,2)3)26-27(31)34-23-12-8-7-11-22(23)33-26/h6-15,18H,5,16-17H2,1-4H3,(H,32,36)/t30-,31-/m1/s1. The second-order valence-electron chi connectivity index (χ2n) is 11.2. The molecule has 1 fully saturated rings. The zero-order chi connectivity index (χ0) is 24.9. The van der Waals surface area contributed by atoms with Gasteiger partial charge < -0.3 is 9.88 Å². The average Bonchev–Trinajstić information content (AvgIpc) is 3.37. The fourth-order valence-electron chi connectivity index (χ4n) is 7.26. The van der Waals surface area contributed by atoms with Gasteiger partial charge in [0.2, 0.25) is 5.91 Å². The molecule has 2 bridgehead atoms. The Balaban J connectivity index is 1.37. The van der Waals surface area contributed by atoms with Gasteiger partial charge in [-0.25, -0.2) is 9.97 Å². The molecule has 0 aliphatic heterocycles. The number of anilines is 1. The molecule has 2 aliphatic carbocycles. The number of nitrogens with zero attached hydrogens (tertiary/aromatic N) is 3. The average molecular weight is 475 g/mol. The number of hydrogen-bond donors (Lipinski definition) is 1. The van der Waals surface area contributed by atoms with Gasteiger partial charge in [0.15, 0.2) is 0 Å². The summed E-state index contributed by atoms with van der Waals surface area (Å²) in [5, 5.41) is 5.70. The molecule has 0 spiro atoms. The van der Waals surface area contributed by atoms with Crippen molar-refractivity contribution in [1.82, 2.24) is 14.5 Å². The first-order chi connectivity index (χ1) is 17.3. The van der Waals surface area contributed by atoms with Gasteiger partial charge >= 0.3 is 0 Å². The molecule has 5 heteroatoms. The van der Waals surface area contributed by atoms with E-state index in [1.807, 2.05) is 30.3 Å². The van der Waals surface area contributed by atoms with Crippen LogP contribution in [0, 0.1) is 5.41 Å². The molecule has 1 saturated carbocycles. The number of amides is 1. The lowest BCUT2D eigenvalue weighted by molar-refractivity contribution is -0.125. The molecule has 180 valence electrons. The third-order valence-corrected chi connectivity index (χ3v) is 9.68. The minimum Gasteiger partial charge on any atom is -0.341 e. The van der Waals surface area contributed by atoms with Crippen LogP contribution in [-0.2, 0) is 22.2 Å². The molecule has 2 aliphatic rings. The Labute approximate surface area is 210 Å². The molecule has 0 radical (unpaired) electrons. The molecule has 36 heavy (non-hydrogen) atoms. The van der Waals surface area contributed by atoms with Gasteiger partial charge in [-0.05, 0) is 61.6 Å². The summed E-state index contributed by atoms with van der Waals surface area (Å²) >= 11 is 0. The van der Waals surface area contributed by atoms with Crippen molar-refractivity contribution in [2.24, 2.45) is 5.41 Å². The number of para-hydroxylation sites is 3. The largest absolute Gasteiger partial charge is 0.341 e. The first kappa shape index (κ1) is 21.5. The van der Waals surface area contributed by atoms with Crippen LogP contribution >= 0.6 is 0 Å². The van der Waals surface area contributed by atoms with Gasteiger partial charge in [-0.1, -0.05) is 51.1 Å². The molecule has 0 saturated heterocycles. The van der Waals surface area contributed by atoms with Crippen LogP contribution in [-0.4, -0.2) is 20.4 Å². The summed E-state index contributed by atoms with van der Waals surface area (Å²) in [7, 11) is 0. The van der Waals surface area contributed by atoms with Crippen LogP contribution in [0.5, 0.6) is 0 Å². The van der Waals surface area contributed by atoms with Gasteiger partial charge in [-0.2, -0.15) is 0 Å². The van der Waals surface area contributed by atoms with E-state index in [0.29, 0.717) is 0 Å². The minimum absolute atomic E-state index is 0.0261. The van der Waals surface area contributed by atoms with Gasteiger partial charge in [-0.15, -0.1) is 0 Å². The number of fused-ring (bicyclic) bond motifs is 9. The molecule has 3 aromatic carbocycles. The third-order valence-electron chi connectivity index (χ3n) is 9.68. The Morgan fingerprint density at radius 1 is 0.861 bits per heavy atom. The maximum atomic E-state index is 14.3. The highest BCUT2D eigenvalue weighted by molar-refractivity contribution is 6.10. The summed E-state index contributed by atoms with van der Waals surface area (Å²) < 4.78 is 2.33. The fraction of sp³-hybridized carbons (Fsp3) is 0.323. The predicted molar refractivity (Wildman–Crippen MR) is 145 cm³/mol. The number of rotatable bonds is 3. The van der Waals surface area contributed by atoms with E-state index in [1.165, 1.54) is 16.4 Å². The Morgan fingerprint density at radius 2 is 1.53 bits per heavy atom. The van der Waals surface area contributed by atoms with Crippen molar-refractivity contribution in [2.45, 2.75) is 57.9 Å². The van der Waals surface area contributed by atoms with E-state index >= 15 is 0 Å². The maximum Gasteiger partial charge on any atom is 0.237 e. The number of carbonyl (C=O) groups is 1. The summed E-state index contributed by atoms with van der Waals surface area (Å²) in [5.41, 5.74) is 5.60. The van der Waals surface area contributed by atoms with Gasteiger partial charge in [-0.3, -0.25) is 4.79 Å². The number of hydrogen-bond acceptors (Lipinski definition) is 3. The zero-order valence-corrected chi connectivity index (χ0v) is 21.2. The SMILES string of the molecule is CCn1c2ccccc2c2cc(NC(=O)[C@@]34CC[C@](C)(c5nc6ccccc6nc53)C4(C)C)ccc21. The summed E-state index contributed by atoms with van der Waals surface area (Å²) in [6.07, 6.45) is 1.70. The summed E-state index contributed by atoms with van der Waals surface area (Å²) in [6.45, 7) is 9.79. The highest BCUT2D eigenvalue weighted by atomic mass is 16.2. The topological polar surface area (TPSA) is 59.8 Å². The van der Waals surface area contributed by atoms with Gasteiger partial charge in [0.1, 0.15) is 0 Å². The lowest BCUT2D eigenvalue weighted by Gasteiger charge is -2.39. The van der Waals surface area contributed by atoms with E-state index in [2.05, 4.69) is 74.0 Å². The molecular weight excluding hydrogens is 444 g/mol.